The minimum Gasteiger partial charge on any atom is -0.398 e. The van der Waals surface area contributed by atoms with Crippen LogP contribution in [0.3, 0.4) is 0 Å². The molecule has 6 heteroatoms. The molecule has 0 aliphatic rings. The summed E-state index contributed by atoms with van der Waals surface area (Å²) in [7, 11) is 0. The van der Waals surface area contributed by atoms with Crippen molar-refractivity contribution in [1.82, 2.24) is 19.9 Å². The van der Waals surface area contributed by atoms with Gasteiger partial charge in [0.25, 0.3) is 0 Å². The molecule has 0 saturated heterocycles. The summed E-state index contributed by atoms with van der Waals surface area (Å²) in [5.74, 6) is 0. The van der Waals surface area contributed by atoms with Gasteiger partial charge in [-0.2, -0.15) is 0 Å². The minimum atomic E-state index is 0.566. The predicted molar refractivity (Wildman–Crippen MR) is 128 cm³/mol. The van der Waals surface area contributed by atoms with Gasteiger partial charge in [0.1, 0.15) is 11.8 Å². The number of hydrogen-bond donors (Lipinski definition) is 1. The van der Waals surface area contributed by atoms with Crippen LogP contribution in [0.25, 0.3) is 22.4 Å². The molecule has 3 aromatic carbocycles. The molecule has 6 nitrogen and oxygen atoms in total. The molecule has 0 amide bonds. The van der Waals surface area contributed by atoms with E-state index < -0.39 is 0 Å². The highest BCUT2D eigenvalue weighted by atomic mass is 15.1. The van der Waals surface area contributed by atoms with Gasteiger partial charge in [0.05, 0.1) is 18.1 Å². The molecule has 0 spiro atoms. The molecular weight excluding hydrogens is 396 g/mol. The molecule has 0 radical (unpaired) electrons. The van der Waals surface area contributed by atoms with Crippen LogP contribution in [0.1, 0.15) is 11.1 Å². The molecule has 5 rings (SSSR count). The van der Waals surface area contributed by atoms with Gasteiger partial charge in [-0.1, -0.05) is 60.7 Å². The number of nitrogens with zero attached hydrogens (tertiary/aromatic N) is 5. The molecule has 0 aliphatic carbocycles. The second kappa shape index (κ2) is 8.81. The Hall–Kier alpha value is -4.32. The summed E-state index contributed by atoms with van der Waals surface area (Å²) in [6, 6.07) is 27.0. The molecule has 156 valence electrons. The highest BCUT2D eigenvalue weighted by molar-refractivity contribution is 5.80. The van der Waals surface area contributed by atoms with E-state index in [1.165, 1.54) is 17.5 Å². The van der Waals surface area contributed by atoms with Crippen molar-refractivity contribution < 1.29 is 0 Å². The Morgan fingerprint density at radius 1 is 0.750 bits per heavy atom. The number of benzene rings is 3. The van der Waals surface area contributed by atoms with E-state index in [4.69, 9.17) is 5.73 Å². The molecule has 0 atom stereocenters. The first kappa shape index (κ1) is 19.6. The first-order valence-electron chi connectivity index (χ1n) is 10.4. The van der Waals surface area contributed by atoms with Crippen LogP contribution in [0.2, 0.25) is 0 Å². The van der Waals surface area contributed by atoms with Crippen LogP contribution >= 0.6 is 0 Å². The number of anilines is 2. The molecule has 0 unspecified atom stereocenters. The van der Waals surface area contributed by atoms with E-state index in [1.807, 2.05) is 24.3 Å². The Morgan fingerprint density at radius 3 is 2.09 bits per heavy atom. The maximum absolute atomic E-state index is 6.50. The lowest BCUT2D eigenvalue weighted by Crippen LogP contribution is -2.22. The summed E-state index contributed by atoms with van der Waals surface area (Å²) < 4.78 is 0. The zero-order valence-corrected chi connectivity index (χ0v) is 17.5. The van der Waals surface area contributed by atoms with Crippen molar-refractivity contribution in [3.63, 3.8) is 0 Å². The van der Waals surface area contributed by atoms with Crippen molar-refractivity contribution in [2.75, 3.05) is 10.6 Å². The Bertz CT molecular complexity index is 1300. The summed E-state index contributed by atoms with van der Waals surface area (Å²) in [5, 5.41) is 0. The first-order valence-corrected chi connectivity index (χ1v) is 10.4. The lowest BCUT2D eigenvalue weighted by Gasteiger charge is -2.26. The number of aromatic nitrogens is 4. The number of rotatable bonds is 6. The third kappa shape index (κ3) is 4.25. The van der Waals surface area contributed by atoms with Crippen LogP contribution in [0.15, 0.2) is 97.6 Å². The van der Waals surface area contributed by atoms with Crippen LogP contribution in [-0.2, 0) is 13.1 Å². The lowest BCUT2D eigenvalue weighted by atomic mass is 10.1. The van der Waals surface area contributed by atoms with E-state index in [0.717, 1.165) is 24.3 Å². The van der Waals surface area contributed by atoms with Gasteiger partial charge >= 0.3 is 0 Å². The van der Waals surface area contributed by atoms with E-state index in [1.54, 1.807) is 12.4 Å². The number of hydrogen-bond acceptors (Lipinski definition) is 6. The van der Waals surface area contributed by atoms with Crippen LogP contribution < -0.4 is 10.6 Å². The van der Waals surface area contributed by atoms with Crippen molar-refractivity contribution in [2.24, 2.45) is 0 Å². The Kier molecular flexibility index (Phi) is 5.41. The van der Waals surface area contributed by atoms with E-state index in [2.05, 4.69) is 79.4 Å². The van der Waals surface area contributed by atoms with Crippen molar-refractivity contribution >= 4 is 22.5 Å². The van der Waals surface area contributed by atoms with Gasteiger partial charge in [-0.05, 0) is 29.3 Å². The van der Waals surface area contributed by atoms with Crippen molar-refractivity contribution in [2.45, 2.75) is 13.1 Å². The van der Waals surface area contributed by atoms with E-state index in [0.29, 0.717) is 22.5 Å². The Labute approximate surface area is 186 Å². The molecule has 5 aromatic rings. The number of fused-ring (bicyclic) bond motifs is 1. The molecule has 0 bridgehead atoms. The monoisotopic (exact) mass is 418 g/mol. The van der Waals surface area contributed by atoms with Crippen LogP contribution in [0, 0.1) is 0 Å². The summed E-state index contributed by atoms with van der Waals surface area (Å²) in [5.41, 5.74) is 13.4. The standard InChI is InChI=1S/C26H22N6/c27-23-13-21(11-12-22(23)24-15-29-26-25(31-24)14-28-18-30-26)32(16-19-7-3-1-4-8-19)17-20-9-5-2-6-10-20/h1-15,18H,16-17,27H2. The van der Waals surface area contributed by atoms with Gasteiger partial charge in [0, 0.05) is 30.0 Å². The predicted octanol–water partition coefficient (Wildman–Crippen LogP) is 4.88. The number of nitrogens with two attached hydrogens (primary N) is 1. The fraction of sp³-hybridized carbons (Fsp3) is 0.0769. The smallest absolute Gasteiger partial charge is 0.181 e. The SMILES string of the molecule is Nc1cc(N(Cc2ccccc2)Cc2ccccc2)ccc1-c1cnc2ncncc2n1. The van der Waals surface area contributed by atoms with Gasteiger partial charge in [-0.15, -0.1) is 0 Å². The fourth-order valence-electron chi connectivity index (χ4n) is 3.73. The number of nitrogen functional groups attached to an aromatic ring is 1. The van der Waals surface area contributed by atoms with Crippen LogP contribution in [0.4, 0.5) is 11.4 Å². The lowest BCUT2D eigenvalue weighted by molar-refractivity contribution is 0.800. The van der Waals surface area contributed by atoms with Crippen molar-refractivity contribution in [1.29, 1.82) is 0 Å². The third-order valence-electron chi connectivity index (χ3n) is 5.33. The summed E-state index contributed by atoms with van der Waals surface area (Å²) in [6.07, 6.45) is 4.82. The second-order valence-electron chi connectivity index (χ2n) is 7.59. The topological polar surface area (TPSA) is 80.8 Å². The third-order valence-corrected chi connectivity index (χ3v) is 5.33. The zero-order valence-electron chi connectivity index (χ0n) is 17.5. The molecule has 2 heterocycles. The van der Waals surface area contributed by atoms with Gasteiger partial charge in [-0.25, -0.2) is 19.9 Å². The molecule has 0 saturated carbocycles. The normalized spacial score (nSPS) is 10.9. The van der Waals surface area contributed by atoms with Crippen LogP contribution in [-0.4, -0.2) is 19.9 Å². The zero-order chi connectivity index (χ0) is 21.8. The molecule has 0 fully saturated rings. The first-order chi connectivity index (χ1) is 15.8. The summed E-state index contributed by atoms with van der Waals surface area (Å²) in [4.78, 5) is 19.5. The maximum atomic E-state index is 6.50. The Morgan fingerprint density at radius 2 is 1.44 bits per heavy atom. The maximum Gasteiger partial charge on any atom is 0.181 e. The van der Waals surface area contributed by atoms with Gasteiger partial charge in [0.2, 0.25) is 0 Å². The van der Waals surface area contributed by atoms with Crippen LogP contribution in [0.5, 0.6) is 0 Å². The van der Waals surface area contributed by atoms with E-state index in [-0.39, 0.29) is 0 Å². The van der Waals surface area contributed by atoms with Crippen molar-refractivity contribution in [3.05, 3.63) is 109 Å². The van der Waals surface area contributed by atoms with Gasteiger partial charge in [0.15, 0.2) is 5.65 Å². The molecule has 0 aliphatic heterocycles. The second-order valence-corrected chi connectivity index (χ2v) is 7.59. The highest BCUT2D eigenvalue weighted by Gasteiger charge is 2.13. The quantitative estimate of drug-likeness (QED) is 0.396. The van der Waals surface area contributed by atoms with Gasteiger partial charge in [-0.3, -0.25) is 0 Å². The fourth-order valence-corrected chi connectivity index (χ4v) is 3.73. The molecule has 2 aromatic heterocycles. The summed E-state index contributed by atoms with van der Waals surface area (Å²) in [6.45, 7) is 1.56. The highest BCUT2D eigenvalue weighted by Crippen LogP contribution is 2.30. The molecule has 32 heavy (non-hydrogen) atoms. The minimum absolute atomic E-state index is 0.566. The van der Waals surface area contributed by atoms with Crippen molar-refractivity contribution in [3.8, 4) is 11.3 Å². The molecular formula is C26H22N6. The largest absolute Gasteiger partial charge is 0.398 e. The molecule has 2 N–H and O–H groups in total. The van der Waals surface area contributed by atoms with E-state index in [9.17, 15) is 0 Å². The average Bonchev–Trinajstić information content (AvgIpc) is 2.84. The summed E-state index contributed by atoms with van der Waals surface area (Å²) >= 11 is 0. The average molecular weight is 419 g/mol. The Balaban J connectivity index is 1.49. The van der Waals surface area contributed by atoms with Gasteiger partial charge < -0.3 is 10.6 Å². The van der Waals surface area contributed by atoms with E-state index >= 15 is 0 Å².